The van der Waals surface area contributed by atoms with Gasteiger partial charge in [0.05, 0.1) is 11.4 Å². The van der Waals surface area contributed by atoms with Crippen LogP contribution >= 0.6 is 0 Å². The summed E-state index contributed by atoms with van der Waals surface area (Å²) >= 11 is 0. The lowest BCUT2D eigenvalue weighted by Gasteiger charge is -2.31. The highest BCUT2D eigenvalue weighted by Crippen LogP contribution is 2.25. The normalized spacial score (nSPS) is 11.8. The topological polar surface area (TPSA) is 153 Å². The quantitative estimate of drug-likeness (QED) is 0.325. The molecule has 40 heavy (non-hydrogen) atoms. The molecule has 0 aliphatic heterocycles. The van der Waals surface area contributed by atoms with Crippen LogP contribution in [0.2, 0.25) is 0 Å². The highest BCUT2D eigenvalue weighted by atomic mass is 32.2. The maximum absolute atomic E-state index is 13.5. The summed E-state index contributed by atoms with van der Waals surface area (Å²) in [6.07, 6.45) is 7.60. The zero-order valence-electron chi connectivity index (χ0n) is 23.8. The first kappa shape index (κ1) is 32.4. The monoisotopic (exact) mass is 574 g/mol. The van der Waals surface area contributed by atoms with Crippen molar-refractivity contribution in [3.05, 3.63) is 40.8 Å². The molecule has 0 atom stereocenters. The molecule has 3 aromatic rings. The average molecular weight is 575 g/mol. The minimum atomic E-state index is -3.99. The SMILES string of the molecule is C#CCN(CCN(C(=O)OC(C)(C)C)C(C)C)S(=O)(=O)c1ccc2[nH]c(=O)c3[nH]ccc3c2c1.CCCC(=O)O. The number of carbonyl (C=O) groups excluding carboxylic acids is 1. The van der Waals surface area contributed by atoms with Gasteiger partial charge in [-0.05, 0) is 65.3 Å². The minimum Gasteiger partial charge on any atom is -0.481 e. The number of carboxylic acids is 1. The van der Waals surface area contributed by atoms with Gasteiger partial charge in [-0.3, -0.25) is 9.59 Å². The first-order valence-electron chi connectivity index (χ1n) is 12.9. The number of amides is 1. The molecule has 1 aromatic carbocycles. The third-order valence-electron chi connectivity index (χ3n) is 5.71. The van der Waals surface area contributed by atoms with E-state index < -0.39 is 27.7 Å². The molecule has 0 radical (unpaired) electrons. The van der Waals surface area contributed by atoms with Crippen LogP contribution in [-0.4, -0.2) is 76.0 Å². The van der Waals surface area contributed by atoms with Gasteiger partial charge in [-0.15, -0.1) is 6.42 Å². The number of aliphatic carboxylic acids is 1. The van der Waals surface area contributed by atoms with Gasteiger partial charge in [-0.1, -0.05) is 12.8 Å². The van der Waals surface area contributed by atoms with Gasteiger partial charge in [0, 0.05) is 48.0 Å². The number of carboxylic acid groups (broad SMARTS) is 1. The predicted octanol–water partition coefficient (Wildman–Crippen LogP) is 4.15. The van der Waals surface area contributed by atoms with Crippen molar-refractivity contribution >= 4 is 43.9 Å². The Balaban J connectivity index is 0.000000840. The van der Waals surface area contributed by atoms with Crippen molar-refractivity contribution in [1.29, 1.82) is 0 Å². The van der Waals surface area contributed by atoms with Gasteiger partial charge in [0.2, 0.25) is 10.0 Å². The largest absolute Gasteiger partial charge is 0.481 e. The number of pyridine rings is 1. The zero-order valence-corrected chi connectivity index (χ0v) is 24.6. The van der Waals surface area contributed by atoms with E-state index in [-0.39, 0.29) is 36.1 Å². The number of fused-ring (bicyclic) bond motifs is 3. The minimum absolute atomic E-state index is 0.00676. The Morgan fingerprint density at radius 3 is 2.35 bits per heavy atom. The molecule has 0 fully saturated rings. The number of aromatic amines is 2. The standard InChI is InChI=1S/C24H30N4O5S.C4H8O2/c1-7-12-27(13-14-28(16(2)3)23(30)33-24(4,5)6)34(31,32)17-8-9-20-19(15-17)18-10-11-25-21(18)22(29)26-20;1-2-3-4(5)6/h1,8-11,15-16,25H,12-14H2,2-6H3,(H,26,29);2-3H2,1H3,(H,5,6). The summed E-state index contributed by atoms with van der Waals surface area (Å²) in [6.45, 7) is 10.8. The Kier molecular flexibility index (Phi) is 10.9. The second-order valence-corrected chi connectivity index (χ2v) is 12.3. The number of hydrogen-bond donors (Lipinski definition) is 3. The number of ether oxygens (including phenoxy) is 1. The number of H-pyrrole nitrogens is 2. The van der Waals surface area contributed by atoms with Crippen LogP contribution in [0.15, 0.2) is 40.2 Å². The lowest BCUT2D eigenvalue weighted by molar-refractivity contribution is -0.137. The molecule has 2 heterocycles. The molecular formula is C28H38N4O7S. The number of aromatic nitrogens is 2. The van der Waals surface area contributed by atoms with E-state index in [9.17, 15) is 22.8 Å². The van der Waals surface area contributed by atoms with Crippen molar-refractivity contribution in [1.82, 2.24) is 19.2 Å². The fraction of sp³-hybridized carbons (Fsp3) is 0.464. The van der Waals surface area contributed by atoms with E-state index in [2.05, 4.69) is 15.9 Å². The van der Waals surface area contributed by atoms with Crippen molar-refractivity contribution in [2.24, 2.45) is 0 Å². The Labute approximate surface area is 234 Å². The molecule has 218 valence electrons. The Morgan fingerprint density at radius 2 is 1.82 bits per heavy atom. The summed E-state index contributed by atoms with van der Waals surface area (Å²) in [4.78, 5) is 41.6. The lowest BCUT2D eigenvalue weighted by atomic mass is 10.1. The van der Waals surface area contributed by atoms with Gasteiger partial charge in [-0.25, -0.2) is 13.2 Å². The number of rotatable bonds is 9. The Hall–Kier alpha value is -3.82. The maximum Gasteiger partial charge on any atom is 0.410 e. The number of terminal acetylenes is 1. The summed E-state index contributed by atoms with van der Waals surface area (Å²) in [5, 5.41) is 9.13. The highest BCUT2D eigenvalue weighted by molar-refractivity contribution is 7.89. The van der Waals surface area contributed by atoms with Gasteiger partial charge in [0.15, 0.2) is 0 Å². The van der Waals surface area contributed by atoms with Crippen molar-refractivity contribution in [2.45, 2.75) is 70.9 Å². The predicted molar refractivity (Wildman–Crippen MR) is 155 cm³/mol. The lowest BCUT2D eigenvalue weighted by Crippen LogP contribution is -2.46. The number of benzene rings is 1. The van der Waals surface area contributed by atoms with Crippen LogP contribution in [0.3, 0.4) is 0 Å². The average Bonchev–Trinajstić information content (AvgIpc) is 3.33. The van der Waals surface area contributed by atoms with E-state index >= 15 is 0 Å². The molecule has 3 rings (SSSR count). The molecule has 0 unspecified atom stereocenters. The van der Waals surface area contributed by atoms with Gasteiger partial charge in [0.1, 0.15) is 11.1 Å². The Bertz CT molecular complexity index is 1540. The summed E-state index contributed by atoms with van der Waals surface area (Å²) in [5.41, 5.74) is -0.0688. The van der Waals surface area contributed by atoms with Gasteiger partial charge in [-0.2, -0.15) is 4.31 Å². The molecule has 0 spiro atoms. The van der Waals surface area contributed by atoms with Crippen LogP contribution in [-0.2, 0) is 19.6 Å². The van der Waals surface area contributed by atoms with Gasteiger partial charge >= 0.3 is 12.1 Å². The number of sulfonamides is 1. The van der Waals surface area contributed by atoms with E-state index in [0.29, 0.717) is 28.2 Å². The molecule has 0 aliphatic rings. The molecule has 2 aromatic heterocycles. The number of hydrogen-bond acceptors (Lipinski definition) is 6. The smallest absolute Gasteiger partial charge is 0.410 e. The molecular weight excluding hydrogens is 536 g/mol. The first-order valence-corrected chi connectivity index (χ1v) is 14.3. The summed E-state index contributed by atoms with van der Waals surface area (Å²) in [5.74, 6) is 1.68. The Morgan fingerprint density at radius 1 is 1.15 bits per heavy atom. The van der Waals surface area contributed by atoms with E-state index in [1.54, 1.807) is 39.1 Å². The van der Waals surface area contributed by atoms with Gasteiger partial charge < -0.3 is 24.7 Å². The molecule has 3 N–H and O–H groups in total. The molecule has 0 saturated carbocycles. The van der Waals surface area contributed by atoms with Crippen LogP contribution in [0.5, 0.6) is 0 Å². The van der Waals surface area contributed by atoms with Crippen LogP contribution in [0.4, 0.5) is 4.79 Å². The van der Waals surface area contributed by atoms with E-state index in [0.717, 1.165) is 10.7 Å². The highest BCUT2D eigenvalue weighted by Gasteiger charge is 2.28. The molecule has 0 aliphatic carbocycles. The van der Waals surface area contributed by atoms with Crippen molar-refractivity contribution in [2.75, 3.05) is 19.6 Å². The van der Waals surface area contributed by atoms with Crippen molar-refractivity contribution in [3.63, 3.8) is 0 Å². The summed E-state index contributed by atoms with van der Waals surface area (Å²) < 4.78 is 33.6. The first-order chi connectivity index (χ1) is 18.6. The fourth-order valence-corrected chi connectivity index (χ4v) is 5.20. The summed E-state index contributed by atoms with van der Waals surface area (Å²) in [6, 6.07) is 6.04. The second-order valence-electron chi connectivity index (χ2n) is 10.4. The fourth-order valence-electron chi connectivity index (χ4n) is 3.83. The van der Waals surface area contributed by atoms with E-state index in [4.69, 9.17) is 16.3 Å². The zero-order chi connectivity index (χ0) is 30.3. The molecule has 11 nitrogen and oxygen atoms in total. The number of carbonyl (C=O) groups is 2. The van der Waals surface area contributed by atoms with Crippen molar-refractivity contribution < 1.29 is 27.9 Å². The van der Waals surface area contributed by atoms with E-state index in [1.807, 2.05) is 20.8 Å². The number of nitrogens with one attached hydrogen (secondary N) is 2. The number of nitrogens with zero attached hydrogens (tertiary/aromatic N) is 2. The van der Waals surface area contributed by atoms with Crippen LogP contribution < -0.4 is 5.56 Å². The molecule has 12 heteroatoms. The van der Waals surface area contributed by atoms with E-state index in [1.165, 1.54) is 17.0 Å². The second kappa shape index (κ2) is 13.5. The summed E-state index contributed by atoms with van der Waals surface area (Å²) in [7, 11) is -3.99. The molecule has 0 saturated heterocycles. The van der Waals surface area contributed by atoms with Gasteiger partial charge in [0.25, 0.3) is 5.56 Å². The third-order valence-corrected chi connectivity index (χ3v) is 7.56. The van der Waals surface area contributed by atoms with Crippen LogP contribution in [0, 0.1) is 12.3 Å². The van der Waals surface area contributed by atoms with Crippen LogP contribution in [0.25, 0.3) is 21.8 Å². The third kappa shape index (κ3) is 8.34. The molecule has 1 amide bonds. The van der Waals surface area contributed by atoms with Crippen LogP contribution in [0.1, 0.15) is 54.4 Å². The molecule has 0 bridgehead atoms. The maximum atomic E-state index is 13.5. The van der Waals surface area contributed by atoms with Crippen molar-refractivity contribution in [3.8, 4) is 12.3 Å².